The van der Waals surface area contributed by atoms with Gasteiger partial charge in [-0.3, -0.25) is 0 Å². The highest BCUT2D eigenvalue weighted by Crippen LogP contribution is 2.29. The monoisotopic (exact) mass is 385 g/mol. The van der Waals surface area contributed by atoms with Crippen molar-refractivity contribution in [2.75, 3.05) is 12.4 Å². The third-order valence-corrected chi connectivity index (χ3v) is 4.15. The summed E-state index contributed by atoms with van der Waals surface area (Å²) >= 11 is 12.0. The minimum absolute atomic E-state index is 0.0412. The van der Waals surface area contributed by atoms with Crippen LogP contribution in [-0.4, -0.2) is 35.0 Å². The van der Waals surface area contributed by atoms with Crippen molar-refractivity contribution in [1.29, 1.82) is 0 Å². The van der Waals surface area contributed by atoms with Crippen molar-refractivity contribution in [1.82, 2.24) is 9.88 Å². The van der Waals surface area contributed by atoms with E-state index in [0.717, 1.165) is 0 Å². The Hall–Kier alpha value is -2.25. The van der Waals surface area contributed by atoms with Gasteiger partial charge in [0, 0.05) is 6.04 Å². The number of urea groups is 1. The fourth-order valence-corrected chi connectivity index (χ4v) is 2.35. The number of amides is 2. The molecule has 2 aromatic rings. The molecule has 0 bridgehead atoms. The van der Waals surface area contributed by atoms with Gasteiger partial charge in [0.2, 0.25) is 5.89 Å². The first-order chi connectivity index (χ1) is 11.8. The number of nitrogens with zero attached hydrogens (tertiary/aromatic N) is 2. The van der Waals surface area contributed by atoms with Gasteiger partial charge in [-0.25, -0.2) is 14.6 Å². The first kappa shape index (κ1) is 19.1. The Kier molecular flexibility index (Phi) is 6.27. The summed E-state index contributed by atoms with van der Waals surface area (Å²) in [6, 6.07) is 4.38. The van der Waals surface area contributed by atoms with Crippen LogP contribution in [0.1, 0.15) is 30.2 Å². The maximum absolute atomic E-state index is 12.6. The summed E-state index contributed by atoms with van der Waals surface area (Å²) in [5, 5.41) is 3.30. The van der Waals surface area contributed by atoms with Crippen molar-refractivity contribution in [2.45, 2.75) is 26.4 Å². The Bertz CT molecular complexity index is 776. The molecule has 7 nitrogen and oxygen atoms in total. The van der Waals surface area contributed by atoms with Crippen molar-refractivity contribution in [3.05, 3.63) is 46.1 Å². The Morgan fingerprint density at radius 3 is 2.72 bits per heavy atom. The number of carbonyl (C=O) groups excluding carboxylic acids is 2. The van der Waals surface area contributed by atoms with E-state index in [-0.39, 0.29) is 29.2 Å². The molecule has 0 aliphatic heterocycles. The van der Waals surface area contributed by atoms with E-state index in [1.807, 2.05) is 13.8 Å². The summed E-state index contributed by atoms with van der Waals surface area (Å²) in [4.78, 5) is 29.5. The molecule has 0 saturated carbocycles. The lowest BCUT2D eigenvalue weighted by molar-refractivity contribution is 0.0594. The molecule has 134 valence electrons. The Morgan fingerprint density at radius 1 is 1.36 bits per heavy atom. The maximum atomic E-state index is 12.6. The van der Waals surface area contributed by atoms with Crippen molar-refractivity contribution >= 4 is 40.9 Å². The second kappa shape index (κ2) is 8.22. The van der Waals surface area contributed by atoms with Crippen molar-refractivity contribution < 1.29 is 18.7 Å². The summed E-state index contributed by atoms with van der Waals surface area (Å²) in [7, 11) is 1.25. The second-order valence-electron chi connectivity index (χ2n) is 5.37. The van der Waals surface area contributed by atoms with Crippen LogP contribution in [0.15, 0.2) is 28.9 Å². The van der Waals surface area contributed by atoms with E-state index in [4.69, 9.17) is 27.6 Å². The summed E-state index contributed by atoms with van der Waals surface area (Å²) in [6.07, 6.45) is 1.19. The van der Waals surface area contributed by atoms with Gasteiger partial charge in [0.15, 0.2) is 5.69 Å². The van der Waals surface area contributed by atoms with Crippen LogP contribution in [0.5, 0.6) is 0 Å². The van der Waals surface area contributed by atoms with E-state index in [2.05, 4.69) is 15.0 Å². The normalized spacial score (nSPS) is 10.6. The average Bonchev–Trinajstić information content (AvgIpc) is 3.04. The molecule has 1 heterocycles. The molecule has 0 radical (unpaired) electrons. The van der Waals surface area contributed by atoms with E-state index < -0.39 is 12.0 Å². The number of rotatable bonds is 5. The number of nitrogens with one attached hydrogen (secondary N) is 1. The highest BCUT2D eigenvalue weighted by atomic mass is 35.5. The zero-order valence-corrected chi connectivity index (χ0v) is 15.4. The van der Waals surface area contributed by atoms with Crippen LogP contribution in [0.4, 0.5) is 10.5 Å². The van der Waals surface area contributed by atoms with E-state index in [0.29, 0.717) is 10.7 Å². The number of benzene rings is 1. The quantitative estimate of drug-likeness (QED) is 0.779. The molecule has 0 spiro atoms. The number of hydrogen-bond acceptors (Lipinski definition) is 5. The first-order valence-corrected chi connectivity index (χ1v) is 8.13. The third-order valence-electron chi connectivity index (χ3n) is 3.33. The minimum Gasteiger partial charge on any atom is -0.464 e. The largest absolute Gasteiger partial charge is 0.464 e. The van der Waals surface area contributed by atoms with Gasteiger partial charge >= 0.3 is 12.0 Å². The molecule has 2 amide bonds. The van der Waals surface area contributed by atoms with E-state index in [1.165, 1.54) is 18.3 Å². The molecule has 1 aromatic carbocycles. The van der Waals surface area contributed by atoms with Crippen LogP contribution in [0.2, 0.25) is 10.0 Å². The Morgan fingerprint density at radius 2 is 2.08 bits per heavy atom. The number of halogens is 2. The van der Waals surface area contributed by atoms with Gasteiger partial charge < -0.3 is 19.4 Å². The van der Waals surface area contributed by atoms with Crippen molar-refractivity contribution in [2.24, 2.45) is 0 Å². The smallest absolute Gasteiger partial charge is 0.360 e. The number of esters is 1. The van der Waals surface area contributed by atoms with Crippen LogP contribution < -0.4 is 5.32 Å². The van der Waals surface area contributed by atoms with Gasteiger partial charge in [-0.1, -0.05) is 29.3 Å². The lowest BCUT2D eigenvalue weighted by Crippen LogP contribution is -2.39. The van der Waals surface area contributed by atoms with E-state index >= 15 is 0 Å². The molecule has 0 unspecified atom stereocenters. The standard InChI is InChI=1S/C16H17Cl2N3O4/c1-9(2)21(7-13-19-12(8-25-13)15(22)24-3)16(23)20-11-6-4-5-10(17)14(11)18/h4-6,8-9H,7H2,1-3H3,(H,20,23). The number of hydrogen-bond donors (Lipinski definition) is 1. The highest BCUT2D eigenvalue weighted by Gasteiger charge is 2.22. The fraction of sp³-hybridized carbons (Fsp3) is 0.312. The molecule has 0 aliphatic rings. The molecule has 2 rings (SSSR count). The summed E-state index contributed by atoms with van der Waals surface area (Å²) < 4.78 is 9.80. The summed E-state index contributed by atoms with van der Waals surface area (Å²) in [5.41, 5.74) is 0.437. The van der Waals surface area contributed by atoms with Gasteiger partial charge in [0.1, 0.15) is 6.26 Å². The van der Waals surface area contributed by atoms with Crippen molar-refractivity contribution in [3.63, 3.8) is 0 Å². The predicted octanol–water partition coefficient (Wildman–Crippen LogP) is 4.21. The first-order valence-electron chi connectivity index (χ1n) is 7.37. The fourth-order valence-electron chi connectivity index (χ4n) is 2.00. The second-order valence-corrected chi connectivity index (χ2v) is 6.16. The molecule has 1 aromatic heterocycles. The molecule has 9 heteroatoms. The van der Waals surface area contributed by atoms with E-state index in [1.54, 1.807) is 18.2 Å². The molecule has 0 atom stereocenters. The topological polar surface area (TPSA) is 84.7 Å². The highest BCUT2D eigenvalue weighted by molar-refractivity contribution is 6.43. The van der Waals surface area contributed by atoms with Gasteiger partial charge in [-0.05, 0) is 26.0 Å². The number of methoxy groups -OCH3 is 1. The molecule has 25 heavy (non-hydrogen) atoms. The number of ether oxygens (including phenoxy) is 1. The van der Waals surface area contributed by atoms with Crippen molar-refractivity contribution in [3.8, 4) is 0 Å². The van der Waals surface area contributed by atoms with Crippen LogP contribution >= 0.6 is 23.2 Å². The lowest BCUT2D eigenvalue weighted by Gasteiger charge is -2.25. The zero-order valence-electron chi connectivity index (χ0n) is 13.9. The van der Waals surface area contributed by atoms with Crippen LogP contribution in [0.25, 0.3) is 0 Å². The molecule has 0 saturated heterocycles. The number of anilines is 1. The summed E-state index contributed by atoms with van der Waals surface area (Å²) in [5.74, 6) is -0.400. The van der Waals surface area contributed by atoms with Crippen LogP contribution in [-0.2, 0) is 11.3 Å². The molecular formula is C16H17Cl2N3O4. The Balaban J connectivity index is 2.14. The number of carbonyl (C=O) groups is 2. The Labute approximate surface area is 154 Å². The van der Waals surface area contributed by atoms with E-state index in [9.17, 15) is 9.59 Å². The van der Waals surface area contributed by atoms with Gasteiger partial charge in [-0.15, -0.1) is 0 Å². The molecule has 0 aliphatic carbocycles. The van der Waals surface area contributed by atoms with Gasteiger partial charge in [0.05, 0.1) is 29.4 Å². The lowest BCUT2D eigenvalue weighted by atomic mass is 10.3. The number of aromatic nitrogens is 1. The SMILES string of the molecule is COC(=O)c1coc(CN(C(=O)Nc2cccc(Cl)c2Cl)C(C)C)n1. The zero-order chi connectivity index (χ0) is 18.6. The maximum Gasteiger partial charge on any atom is 0.360 e. The third kappa shape index (κ3) is 4.64. The predicted molar refractivity (Wildman–Crippen MR) is 94.0 cm³/mol. The molecule has 1 N–H and O–H groups in total. The van der Waals surface area contributed by atoms with Crippen LogP contribution in [0, 0.1) is 0 Å². The molecular weight excluding hydrogens is 369 g/mol. The van der Waals surface area contributed by atoms with Crippen LogP contribution in [0.3, 0.4) is 0 Å². The number of oxazole rings is 1. The minimum atomic E-state index is -0.610. The summed E-state index contributed by atoms with van der Waals surface area (Å²) in [6.45, 7) is 3.74. The van der Waals surface area contributed by atoms with Gasteiger partial charge in [0.25, 0.3) is 0 Å². The average molecular weight is 386 g/mol. The van der Waals surface area contributed by atoms with Gasteiger partial charge in [-0.2, -0.15) is 0 Å². The molecule has 0 fully saturated rings.